The van der Waals surface area contributed by atoms with Crippen molar-refractivity contribution in [1.29, 1.82) is 0 Å². The van der Waals surface area contributed by atoms with Crippen molar-refractivity contribution in [3.63, 3.8) is 0 Å². The van der Waals surface area contributed by atoms with E-state index in [1.165, 1.54) is 16.8 Å². The monoisotopic (exact) mass is 348 g/mol. The van der Waals surface area contributed by atoms with Gasteiger partial charge in [-0.1, -0.05) is 6.07 Å². The first kappa shape index (κ1) is 18.8. The number of fused-ring (bicyclic) bond motifs is 3. The summed E-state index contributed by atoms with van der Waals surface area (Å²) in [5.41, 5.74) is 10.2. The molecular formula is C18H24N2O5. The molecule has 7 nitrogen and oxygen atoms in total. The van der Waals surface area contributed by atoms with E-state index >= 15 is 0 Å². The molecule has 0 saturated heterocycles. The van der Waals surface area contributed by atoms with E-state index in [0.717, 1.165) is 44.7 Å². The van der Waals surface area contributed by atoms with E-state index < -0.39 is 11.9 Å². The fourth-order valence-corrected chi connectivity index (χ4v) is 3.11. The van der Waals surface area contributed by atoms with E-state index in [9.17, 15) is 9.59 Å². The van der Waals surface area contributed by atoms with Gasteiger partial charge in [-0.15, -0.1) is 0 Å². The molecule has 1 atom stereocenters. The van der Waals surface area contributed by atoms with Gasteiger partial charge < -0.3 is 25.6 Å². The van der Waals surface area contributed by atoms with Crippen molar-refractivity contribution in [3.8, 4) is 5.75 Å². The fraction of sp³-hybridized carbons (Fsp3) is 0.444. The highest BCUT2D eigenvalue weighted by Crippen LogP contribution is 2.39. The number of nitrogens with two attached hydrogens (primary N) is 1. The Bertz CT molecular complexity index is 654. The van der Waals surface area contributed by atoms with Gasteiger partial charge in [0.25, 0.3) is 0 Å². The maximum absolute atomic E-state index is 9.55. The Labute approximate surface area is 146 Å². The summed E-state index contributed by atoms with van der Waals surface area (Å²) in [5.74, 6) is -1.42. The van der Waals surface area contributed by atoms with E-state index in [1.54, 1.807) is 0 Å². The maximum Gasteiger partial charge on any atom is 0.328 e. The van der Waals surface area contributed by atoms with Crippen LogP contribution in [0.5, 0.6) is 5.75 Å². The van der Waals surface area contributed by atoms with Gasteiger partial charge in [-0.05, 0) is 37.8 Å². The summed E-state index contributed by atoms with van der Waals surface area (Å²) in [6.07, 6.45) is 4.55. The minimum atomic E-state index is -1.26. The summed E-state index contributed by atoms with van der Waals surface area (Å²) in [6, 6.07) is 4.59. The van der Waals surface area contributed by atoms with Crippen LogP contribution in [0, 0.1) is 0 Å². The van der Waals surface area contributed by atoms with Crippen LogP contribution in [0.3, 0.4) is 0 Å². The zero-order valence-corrected chi connectivity index (χ0v) is 14.3. The van der Waals surface area contributed by atoms with E-state index in [-0.39, 0.29) is 6.04 Å². The smallest absolute Gasteiger partial charge is 0.328 e. The Morgan fingerprint density at radius 3 is 2.56 bits per heavy atom. The average Bonchev–Trinajstić information content (AvgIpc) is 2.96. The normalized spacial score (nSPS) is 16.3. The molecule has 0 spiro atoms. The van der Waals surface area contributed by atoms with Crippen molar-refractivity contribution in [3.05, 3.63) is 35.4 Å². The van der Waals surface area contributed by atoms with Gasteiger partial charge in [0.15, 0.2) is 0 Å². The van der Waals surface area contributed by atoms with Crippen LogP contribution in [0.1, 0.15) is 24.5 Å². The highest BCUT2D eigenvalue weighted by atomic mass is 16.5. The highest BCUT2D eigenvalue weighted by molar-refractivity contribution is 5.89. The molecule has 0 amide bonds. The highest BCUT2D eigenvalue weighted by Gasteiger charge is 2.26. The molecule has 7 heteroatoms. The van der Waals surface area contributed by atoms with E-state index in [2.05, 4.69) is 24.0 Å². The van der Waals surface area contributed by atoms with E-state index in [4.69, 9.17) is 20.7 Å². The largest absolute Gasteiger partial charge is 0.493 e. The number of aliphatic carboxylic acids is 2. The molecule has 1 aromatic rings. The SMILES string of the molecule is C[C@H](N)CN1CCc2ccc3c(c21)CCCO3.O=C(O)C=CC(=O)O. The lowest BCUT2D eigenvalue weighted by molar-refractivity contribution is -0.134. The molecular weight excluding hydrogens is 324 g/mol. The van der Waals surface area contributed by atoms with Crippen molar-refractivity contribution in [2.75, 3.05) is 24.6 Å². The molecule has 0 bridgehead atoms. The van der Waals surface area contributed by atoms with Crippen LogP contribution in [0.4, 0.5) is 5.69 Å². The minimum Gasteiger partial charge on any atom is -0.493 e. The third kappa shape index (κ3) is 5.22. The second-order valence-electron chi connectivity index (χ2n) is 6.19. The fourth-order valence-electron chi connectivity index (χ4n) is 3.11. The zero-order valence-electron chi connectivity index (χ0n) is 14.3. The molecule has 1 aromatic carbocycles. The lowest BCUT2D eigenvalue weighted by Gasteiger charge is -2.27. The predicted octanol–water partition coefficient (Wildman–Crippen LogP) is 1.43. The number of benzene rings is 1. The van der Waals surface area contributed by atoms with Gasteiger partial charge in [-0.3, -0.25) is 0 Å². The number of carboxylic acid groups (broad SMARTS) is 2. The Balaban J connectivity index is 0.000000242. The summed E-state index contributed by atoms with van der Waals surface area (Å²) in [6.45, 7) is 4.99. The van der Waals surface area contributed by atoms with Crippen LogP contribution < -0.4 is 15.4 Å². The van der Waals surface area contributed by atoms with Gasteiger partial charge in [0.05, 0.1) is 6.61 Å². The topological polar surface area (TPSA) is 113 Å². The average molecular weight is 348 g/mol. The van der Waals surface area contributed by atoms with Crippen LogP contribution in [0.2, 0.25) is 0 Å². The van der Waals surface area contributed by atoms with E-state index in [1.807, 2.05) is 0 Å². The lowest BCUT2D eigenvalue weighted by atomic mass is 10.0. The van der Waals surface area contributed by atoms with Crippen molar-refractivity contribution < 1.29 is 24.5 Å². The third-order valence-electron chi connectivity index (χ3n) is 4.00. The van der Waals surface area contributed by atoms with Gasteiger partial charge in [0.2, 0.25) is 0 Å². The number of carbonyl (C=O) groups is 2. The number of carboxylic acids is 2. The molecule has 2 heterocycles. The predicted molar refractivity (Wildman–Crippen MR) is 94.2 cm³/mol. The molecule has 4 N–H and O–H groups in total. The van der Waals surface area contributed by atoms with Crippen LogP contribution in [-0.4, -0.2) is 47.9 Å². The third-order valence-corrected chi connectivity index (χ3v) is 4.00. The van der Waals surface area contributed by atoms with Gasteiger partial charge >= 0.3 is 11.9 Å². The number of hydrogen-bond donors (Lipinski definition) is 3. The molecule has 0 saturated carbocycles. The van der Waals surface area contributed by atoms with Crippen LogP contribution in [0.15, 0.2) is 24.3 Å². The molecule has 2 aliphatic heterocycles. The van der Waals surface area contributed by atoms with Crippen molar-refractivity contribution in [1.82, 2.24) is 0 Å². The summed E-state index contributed by atoms with van der Waals surface area (Å²) < 4.78 is 5.74. The number of nitrogens with zero attached hydrogens (tertiary/aromatic N) is 1. The molecule has 0 fully saturated rings. The van der Waals surface area contributed by atoms with Gasteiger partial charge in [0.1, 0.15) is 5.75 Å². The van der Waals surface area contributed by atoms with Crippen molar-refractivity contribution >= 4 is 17.6 Å². The van der Waals surface area contributed by atoms with Crippen molar-refractivity contribution in [2.24, 2.45) is 5.73 Å². The molecule has 2 aliphatic rings. The Morgan fingerprint density at radius 1 is 1.28 bits per heavy atom. The molecule has 0 radical (unpaired) electrons. The lowest BCUT2D eigenvalue weighted by Crippen LogP contribution is -2.35. The van der Waals surface area contributed by atoms with Crippen LogP contribution in [-0.2, 0) is 22.4 Å². The number of ether oxygens (including phenoxy) is 1. The van der Waals surface area contributed by atoms with Gasteiger partial charge in [-0.25, -0.2) is 9.59 Å². The van der Waals surface area contributed by atoms with Gasteiger partial charge in [0, 0.05) is 42.5 Å². The summed E-state index contributed by atoms with van der Waals surface area (Å²) in [7, 11) is 0. The number of rotatable bonds is 4. The summed E-state index contributed by atoms with van der Waals surface area (Å²) >= 11 is 0. The molecule has 0 unspecified atom stereocenters. The maximum atomic E-state index is 9.55. The first-order chi connectivity index (χ1) is 11.9. The second-order valence-corrected chi connectivity index (χ2v) is 6.19. The molecule has 136 valence electrons. The Morgan fingerprint density at radius 2 is 1.96 bits per heavy atom. The number of hydrogen-bond acceptors (Lipinski definition) is 5. The Kier molecular flexibility index (Phi) is 6.41. The van der Waals surface area contributed by atoms with Gasteiger partial charge in [-0.2, -0.15) is 0 Å². The quantitative estimate of drug-likeness (QED) is 0.706. The first-order valence-electron chi connectivity index (χ1n) is 8.30. The van der Waals surface area contributed by atoms with Crippen LogP contribution in [0.25, 0.3) is 0 Å². The summed E-state index contributed by atoms with van der Waals surface area (Å²) in [5, 5.41) is 15.6. The second kappa shape index (κ2) is 8.53. The summed E-state index contributed by atoms with van der Waals surface area (Å²) in [4.78, 5) is 21.5. The van der Waals surface area contributed by atoms with E-state index in [0.29, 0.717) is 12.2 Å². The zero-order chi connectivity index (χ0) is 18.4. The number of anilines is 1. The molecule has 3 rings (SSSR count). The molecule has 0 aliphatic carbocycles. The molecule has 25 heavy (non-hydrogen) atoms. The standard InChI is InChI=1S/C14H20N2O.C4H4O4/c1-10(15)9-16-7-6-11-4-5-13-12(14(11)16)3-2-8-17-13;5-3(6)1-2-4(7)8/h4-5,10H,2-3,6-9,15H2,1H3;1-2H,(H,5,6)(H,7,8)/t10-;/m0./s1. The Hall–Kier alpha value is -2.54. The first-order valence-corrected chi connectivity index (χ1v) is 8.30. The van der Waals surface area contributed by atoms with Crippen molar-refractivity contribution in [2.45, 2.75) is 32.2 Å². The molecule has 0 aromatic heterocycles. The minimum absolute atomic E-state index is 0.223. The van der Waals surface area contributed by atoms with Crippen LogP contribution >= 0.6 is 0 Å².